The fourth-order valence-corrected chi connectivity index (χ4v) is 2.42. The Morgan fingerprint density at radius 2 is 1.54 bits per heavy atom. The summed E-state index contributed by atoms with van der Waals surface area (Å²) in [7, 11) is 0. The lowest BCUT2D eigenvalue weighted by molar-refractivity contribution is -0.136. The van der Waals surface area contributed by atoms with Crippen LogP contribution in [-0.4, -0.2) is 13.2 Å². The largest absolute Gasteiger partial charge is 0.490 e. The zero-order valence-corrected chi connectivity index (χ0v) is 13.8. The molecule has 136 valence electrons. The average Bonchev–Trinajstić information content (AvgIpc) is 2.58. The number of alkyl halides is 3. The molecule has 3 aromatic rings. The molecule has 1 heterocycles. The van der Waals surface area contributed by atoms with E-state index in [1.54, 1.807) is 0 Å². The zero-order valence-electron chi connectivity index (χ0n) is 13.8. The van der Waals surface area contributed by atoms with Gasteiger partial charge in [-0.25, -0.2) is 4.79 Å². The molecule has 0 amide bonds. The molecule has 26 heavy (non-hydrogen) atoms. The molecule has 0 aliphatic heterocycles. The van der Waals surface area contributed by atoms with E-state index < -0.39 is 17.4 Å². The van der Waals surface area contributed by atoms with Gasteiger partial charge >= 0.3 is 11.8 Å². The second kappa shape index (κ2) is 7.11. The minimum atomic E-state index is -4.64. The number of rotatable bonds is 5. The highest BCUT2D eigenvalue weighted by Gasteiger charge is 2.33. The van der Waals surface area contributed by atoms with E-state index in [2.05, 4.69) is 0 Å². The number of aryl methyl sites for hydroxylation is 1. The third kappa shape index (κ3) is 4.17. The number of hydrogen-bond donors (Lipinski definition) is 0. The summed E-state index contributed by atoms with van der Waals surface area (Å²) in [5.41, 5.74) is -1.16. The van der Waals surface area contributed by atoms with E-state index in [9.17, 15) is 18.0 Å². The van der Waals surface area contributed by atoms with Gasteiger partial charge in [-0.3, -0.25) is 0 Å². The maximum atomic E-state index is 13.0. The van der Waals surface area contributed by atoms with Gasteiger partial charge in [-0.15, -0.1) is 0 Å². The van der Waals surface area contributed by atoms with Gasteiger partial charge in [0.25, 0.3) is 0 Å². The van der Waals surface area contributed by atoms with Crippen molar-refractivity contribution in [2.75, 3.05) is 13.2 Å². The highest BCUT2D eigenvalue weighted by atomic mass is 19.4. The van der Waals surface area contributed by atoms with Gasteiger partial charge in [0.05, 0.1) is 5.56 Å². The highest BCUT2D eigenvalue weighted by molar-refractivity contribution is 5.82. The third-order valence-corrected chi connectivity index (χ3v) is 3.66. The Balaban J connectivity index is 1.69. The fraction of sp³-hybridized carbons (Fsp3) is 0.211. The second-order valence-electron chi connectivity index (χ2n) is 5.64. The summed E-state index contributed by atoms with van der Waals surface area (Å²) in [6.07, 6.45) is -4.64. The van der Waals surface area contributed by atoms with Crippen molar-refractivity contribution in [1.29, 1.82) is 0 Å². The van der Waals surface area contributed by atoms with Crippen molar-refractivity contribution < 1.29 is 27.1 Å². The van der Waals surface area contributed by atoms with Crippen LogP contribution in [0.2, 0.25) is 0 Å². The van der Waals surface area contributed by atoms with Crippen LogP contribution in [0.3, 0.4) is 0 Å². The molecule has 0 radical (unpaired) electrons. The van der Waals surface area contributed by atoms with Crippen molar-refractivity contribution in [2.45, 2.75) is 13.1 Å². The molecule has 0 aliphatic rings. The number of hydrogen-bond acceptors (Lipinski definition) is 4. The van der Waals surface area contributed by atoms with Crippen molar-refractivity contribution in [3.8, 4) is 11.5 Å². The van der Waals surface area contributed by atoms with Gasteiger partial charge in [-0.2, -0.15) is 13.2 Å². The van der Waals surface area contributed by atoms with Crippen molar-refractivity contribution in [3.63, 3.8) is 0 Å². The molecule has 0 N–H and O–H groups in total. The van der Waals surface area contributed by atoms with Crippen LogP contribution < -0.4 is 15.1 Å². The van der Waals surface area contributed by atoms with Crippen LogP contribution in [0, 0.1) is 6.92 Å². The van der Waals surface area contributed by atoms with Gasteiger partial charge in [0.1, 0.15) is 30.3 Å². The lowest BCUT2D eigenvalue weighted by atomic mass is 10.1. The Morgan fingerprint density at radius 1 is 0.923 bits per heavy atom. The Hall–Kier alpha value is -2.96. The van der Waals surface area contributed by atoms with Gasteiger partial charge < -0.3 is 13.9 Å². The maximum absolute atomic E-state index is 13.0. The van der Waals surface area contributed by atoms with E-state index in [4.69, 9.17) is 13.9 Å². The summed E-state index contributed by atoms with van der Waals surface area (Å²) >= 11 is 0. The number of benzene rings is 2. The fourth-order valence-electron chi connectivity index (χ4n) is 2.42. The van der Waals surface area contributed by atoms with Crippen LogP contribution in [0.25, 0.3) is 11.0 Å². The van der Waals surface area contributed by atoms with E-state index in [1.807, 2.05) is 31.2 Å². The molecule has 0 unspecified atom stereocenters. The van der Waals surface area contributed by atoms with E-state index in [0.29, 0.717) is 11.8 Å². The topological polar surface area (TPSA) is 48.7 Å². The Labute approximate surface area is 146 Å². The normalized spacial score (nSPS) is 11.5. The van der Waals surface area contributed by atoms with Crippen LogP contribution in [0.4, 0.5) is 13.2 Å². The molecule has 7 heteroatoms. The van der Waals surface area contributed by atoms with Gasteiger partial charge in [0, 0.05) is 17.5 Å². The smallest absolute Gasteiger partial charge is 0.417 e. The summed E-state index contributed by atoms with van der Waals surface area (Å²) in [6.45, 7) is 2.41. The van der Waals surface area contributed by atoms with Crippen LogP contribution >= 0.6 is 0 Å². The van der Waals surface area contributed by atoms with Gasteiger partial charge in [0.2, 0.25) is 0 Å². The molecule has 4 nitrogen and oxygen atoms in total. The molecule has 0 fully saturated rings. The minimum Gasteiger partial charge on any atom is -0.490 e. The molecule has 0 bridgehead atoms. The van der Waals surface area contributed by atoms with Crippen LogP contribution in [0.15, 0.2) is 57.7 Å². The second-order valence-corrected chi connectivity index (χ2v) is 5.64. The summed E-state index contributed by atoms with van der Waals surface area (Å²) in [5.74, 6) is 0.978. The highest BCUT2D eigenvalue weighted by Crippen LogP contribution is 2.34. The molecule has 0 saturated heterocycles. The first-order chi connectivity index (χ1) is 12.3. The number of fused-ring (bicyclic) bond motifs is 1. The SMILES string of the molecule is Cc1ccc(OCCOc2ccc3c(C(F)(F)F)cc(=O)oc3c2)cc1. The molecule has 2 aromatic carbocycles. The van der Waals surface area contributed by atoms with Gasteiger partial charge in [0.15, 0.2) is 0 Å². The van der Waals surface area contributed by atoms with E-state index in [-0.39, 0.29) is 29.9 Å². The third-order valence-electron chi connectivity index (χ3n) is 3.66. The van der Waals surface area contributed by atoms with Crippen molar-refractivity contribution in [2.24, 2.45) is 0 Å². The minimum absolute atomic E-state index is 0.179. The zero-order chi connectivity index (χ0) is 18.7. The van der Waals surface area contributed by atoms with Crippen molar-refractivity contribution in [3.05, 3.63) is 70.1 Å². The first-order valence-corrected chi connectivity index (χ1v) is 7.80. The maximum Gasteiger partial charge on any atom is 0.417 e. The molecule has 3 rings (SSSR count). The molecule has 1 aromatic heterocycles. The Morgan fingerprint density at radius 3 is 2.19 bits per heavy atom. The lowest BCUT2D eigenvalue weighted by Gasteiger charge is -2.11. The summed E-state index contributed by atoms with van der Waals surface area (Å²) < 4.78 is 54.8. The molecule has 0 aliphatic carbocycles. The molecule has 0 saturated carbocycles. The van der Waals surface area contributed by atoms with Crippen LogP contribution in [0.1, 0.15) is 11.1 Å². The molecule has 0 atom stereocenters. The van der Waals surface area contributed by atoms with Crippen LogP contribution in [0.5, 0.6) is 11.5 Å². The van der Waals surface area contributed by atoms with E-state index in [0.717, 1.165) is 5.56 Å². The van der Waals surface area contributed by atoms with Gasteiger partial charge in [-0.05, 0) is 31.2 Å². The quantitative estimate of drug-likeness (QED) is 0.491. The molecule has 0 spiro atoms. The number of halogens is 3. The van der Waals surface area contributed by atoms with Crippen molar-refractivity contribution in [1.82, 2.24) is 0 Å². The molecular weight excluding hydrogens is 349 g/mol. The van der Waals surface area contributed by atoms with E-state index >= 15 is 0 Å². The summed E-state index contributed by atoms with van der Waals surface area (Å²) in [5, 5.41) is -0.194. The molecular formula is C19H15F3O4. The Kier molecular flexibility index (Phi) is 4.88. The first-order valence-electron chi connectivity index (χ1n) is 7.80. The standard InChI is InChI=1S/C19H15F3O4/c1-12-2-4-13(5-3-12)24-8-9-25-14-6-7-15-16(19(20,21)22)11-18(23)26-17(15)10-14/h2-7,10-11H,8-9H2,1H3. The summed E-state index contributed by atoms with van der Waals surface area (Å²) in [6, 6.07) is 11.8. The monoisotopic (exact) mass is 364 g/mol. The predicted octanol–water partition coefficient (Wildman–Crippen LogP) is 4.58. The Bertz CT molecular complexity index is 959. The summed E-state index contributed by atoms with van der Waals surface area (Å²) in [4.78, 5) is 11.4. The number of ether oxygens (including phenoxy) is 2. The van der Waals surface area contributed by atoms with Gasteiger partial charge in [-0.1, -0.05) is 17.7 Å². The predicted molar refractivity (Wildman–Crippen MR) is 89.7 cm³/mol. The van der Waals surface area contributed by atoms with Crippen LogP contribution in [-0.2, 0) is 6.18 Å². The first kappa shape index (κ1) is 17.8. The lowest BCUT2D eigenvalue weighted by Crippen LogP contribution is -2.11. The average molecular weight is 364 g/mol. The van der Waals surface area contributed by atoms with Crippen molar-refractivity contribution >= 4 is 11.0 Å². The van der Waals surface area contributed by atoms with E-state index in [1.165, 1.54) is 18.2 Å².